The van der Waals surface area contributed by atoms with Gasteiger partial charge in [0.1, 0.15) is 5.82 Å². The summed E-state index contributed by atoms with van der Waals surface area (Å²) in [5.74, 6) is -0.170. The average molecular weight is 388 g/mol. The molecule has 1 aromatic heterocycles. The summed E-state index contributed by atoms with van der Waals surface area (Å²) in [4.78, 5) is 12.7. The van der Waals surface area contributed by atoms with E-state index in [2.05, 4.69) is 5.10 Å². The summed E-state index contributed by atoms with van der Waals surface area (Å²) in [6.45, 7) is 3.86. The number of carbonyl (C=O) groups is 1. The highest BCUT2D eigenvalue weighted by molar-refractivity contribution is 14.1. The van der Waals surface area contributed by atoms with Crippen molar-refractivity contribution in [3.05, 3.63) is 45.0 Å². The fourth-order valence-electron chi connectivity index (χ4n) is 1.90. The Balaban J connectivity index is 2.55. The van der Waals surface area contributed by atoms with Crippen LogP contribution >= 0.6 is 22.6 Å². The van der Waals surface area contributed by atoms with Crippen LogP contribution in [0.15, 0.2) is 24.4 Å². The quantitative estimate of drug-likeness (QED) is 0.596. The highest BCUT2D eigenvalue weighted by Crippen LogP contribution is 2.26. The molecule has 0 saturated carbocycles. The fraction of sp³-hybridized carbons (Fsp3) is 0.286. The number of rotatable bonds is 4. The van der Waals surface area contributed by atoms with Gasteiger partial charge in [-0.15, -0.1) is 0 Å². The van der Waals surface area contributed by atoms with Crippen LogP contribution < -0.4 is 4.74 Å². The van der Waals surface area contributed by atoms with Crippen molar-refractivity contribution in [3.63, 3.8) is 0 Å². The standard InChI is InChI=1S/C14H14FIN2O2/c1-8(2)18-13(12(20-3)7-17-18)14(19)10-5-4-9(15)6-11(10)16/h4-8H,1-3H3. The van der Waals surface area contributed by atoms with E-state index in [4.69, 9.17) is 4.74 Å². The van der Waals surface area contributed by atoms with Gasteiger partial charge in [0.05, 0.1) is 13.3 Å². The molecule has 0 aliphatic heterocycles. The van der Waals surface area contributed by atoms with Crippen LogP contribution in [-0.2, 0) is 0 Å². The monoisotopic (exact) mass is 388 g/mol. The van der Waals surface area contributed by atoms with Gasteiger partial charge in [0.2, 0.25) is 5.78 Å². The van der Waals surface area contributed by atoms with Crippen LogP contribution in [0, 0.1) is 9.39 Å². The molecule has 0 atom stereocenters. The summed E-state index contributed by atoms with van der Waals surface area (Å²) in [6, 6.07) is 4.11. The topological polar surface area (TPSA) is 44.1 Å². The largest absolute Gasteiger partial charge is 0.493 e. The molecule has 0 unspecified atom stereocenters. The first kappa shape index (κ1) is 15.0. The SMILES string of the molecule is COc1cnn(C(C)C)c1C(=O)c1ccc(F)cc1I. The van der Waals surface area contributed by atoms with Crippen LogP contribution in [-0.4, -0.2) is 22.7 Å². The lowest BCUT2D eigenvalue weighted by molar-refractivity contribution is 0.102. The Morgan fingerprint density at radius 1 is 1.45 bits per heavy atom. The molecule has 2 aromatic rings. The molecule has 0 amide bonds. The third kappa shape index (κ3) is 2.70. The summed E-state index contributed by atoms with van der Waals surface area (Å²) >= 11 is 1.95. The zero-order valence-electron chi connectivity index (χ0n) is 11.4. The Hall–Kier alpha value is -1.44. The van der Waals surface area contributed by atoms with Crippen molar-refractivity contribution in [2.45, 2.75) is 19.9 Å². The molecule has 0 fully saturated rings. The van der Waals surface area contributed by atoms with Crippen LogP contribution in [0.25, 0.3) is 0 Å². The normalized spacial score (nSPS) is 10.9. The number of carbonyl (C=O) groups excluding carboxylic acids is 1. The van der Waals surface area contributed by atoms with Gasteiger partial charge in [-0.3, -0.25) is 9.48 Å². The van der Waals surface area contributed by atoms with Crippen LogP contribution in [0.1, 0.15) is 35.9 Å². The number of benzene rings is 1. The van der Waals surface area contributed by atoms with Gasteiger partial charge >= 0.3 is 0 Å². The maximum Gasteiger partial charge on any atom is 0.215 e. The minimum atomic E-state index is -0.365. The smallest absolute Gasteiger partial charge is 0.215 e. The highest BCUT2D eigenvalue weighted by atomic mass is 127. The van der Waals surface area contributed by atoms with Crippen LogP contribution in [0.4, 0.5) is 4.39 Å². The summed E-state index contributed by atoms with van der Waals surface area (Å²) in [6.07, 6.45) is 1.52. The summed E-state index contributed by atoms with van der Waals surface area (Å²) < 4.78 is 20.5. The molecule has 20 heavy (non-hydrogen) atoms. The Kier molecular flexibility index (Phi) is 4.42. The summed E-state index contributed by atoms with van der Waals surface area (Å²) in [5, 5.41) is 4.17. The van der Waals surface area contributed by atoms with Crippen molar-refractivity contribution >= 4 is 28.4 Å². The Morgan fingerprint density at radius 2 is 2.15 bits per heavy atom. The predicted molar refractivity (Wildman–Crippen MR) is 81.7 cm³/mol. The molecular weight excluding hydrogens is 374 g/mol. The molecule has 0 N–H and O–H groups in total. The minimum Gasteiger partial charge on any atom is -0.493 e. The van der Waals surface area contributed by atoms with Gasteiger partial charge in [-0.25, -0.2) is 4.39 Å². The second-order valence-electron chi connectivity index (χ2n) is 4.55. The third-order valence-corrected chi connectivity index (χ3v) is 3.75. The molecular formula is C14H14FIN2O2. The molecule has 0 aliphatic carbocycles. The number of nitrogens with zero attached hydrogens (tertiary/aromatic N) is 2. The zero-order valence-corrected chi connectivity index (χ0v) is 13.5. The lowest BCUT2D eigenvalue weighted by atomic mass is 10.1. The Labute approximate surface area is 130 Å². The zero-order chi connectivity index (χ0) is 14.9. The molecule has 6 heteroatoms. The molecule has 0 saturated heterocycles. The van der Waals surface area contributed by atoms with Crippen LogP contribution in [0.3, 0.4) is 0 Å². The molecule has 2 rings (SSSR count). The number of hydrogen-bond donors (Lipinski definition) is 0. The maximum atomic E-state index is 13.1. The van der Waals surface area contributed by atoms with Gasteiger partial charge in [0.15, 0.2) is 11.4 Å². The minimum absolute atomic E-state index is 0.0240. The highest BCUT2D eigenvalue weighted by Gasteiger charge is 2.24. The maximum absolute atomic E-state index is 13.1. The number of hydrogen-bond acceptors (Lipinski definition) is 3. The summed E-state index contributed by atoms with van der Waals surface area (Å²) in [7, 11) is 1.49. The Morgan fingerprint density at radius 3 is 2.70 bits per heavy atom. The molecule has 0 aliphatic rings. The van der Waals surface area contributed by atoms with Crippen molar-refractivity contribution in [1.29, 1.82) is 0 Å². The van der Waals surface area contributed by atoms with E-state index in [-0.39, 0.29) is 17.6 Å². The van der Waals surface area contributed by atoms with Gasteiger partial charge in [0, 0.05) is 15.2 Å². The molecule has 0 bridgehead atoms. The number of methoxy groups -OCH3 is 1. The lowest BCUT2D eigenvalue weighted by Crippen LogP contribution is -2.15. The van der Waals surface area contributed by atoms with Crippen LogP contribution in [0.2, 0.25) is 0 Å². The number of halogens is 2. The van der Waals surface area contributed by atoms with E-state index >= 15 is 0 Å². The first-order valence-corrected chi connectivity index (χ1v) is 7.14. The van der Waals surface area contributed by atoms with E-state index in [9.17, 15) is 9.18 Å². The number of aromatic nitrogens is 2. The third-order valence-electron chi connectivity index (χ3n) is 2.86. The fourth-order valence-corrected chi connectivity index (χ4v) is 2.63. The second kappa shape index (κ2) is 5.90. The van der Waals surface area contributed by atoms with E-state index in [1.54, 1.807) is 4.68 Å². The number of ketones is 1. The first-order valence-electron chi connectivity index (χ1n) is 6.07. The Bertz CT molecular complexity index is 653. The lowest BCUT2D eigenvalue weighted by Gasteiger charge is -2.12. The average Bonchev–Trinajstić information content (AvgIpc) is 2.81. The second-order valence-corrected chi connectivity index (χ2v) is 5.72. The molecule has 0 radical (unpaired) electrons. The summed E-state index contributed by atoms with van der Waals surface area (Å²) in [5.41, 5.74) is 0.819. The van der Waals surface area contributed by atoms with Crippen molar-refractivity contribution in [1.82, 2.24) is 9.78 Å². The number of ether oxygens (including phenoxy) is 1. The molecule has 0 spiro atoms. The molecule has 106 valence electrons. The van der Waals surface area contributed by atoms with E-state index in [0.29, 0.717) is 20.6 Å². The van der Waals surface area contributed by atoms with Gasteiger partial charge in [-0.2, -0.15) is 5.10 Å². The van der Waals surface area contributed by atoms with Crippen LogP contribution in [0.5, 0.6) is 5.75 Å². The van der Waals surface area contributed by atoms with Gasteiger partial charge in [-0.1, -0.05) is 0 Å². The van der Waals surface area contributed by atoms with Gasteiger partial charge in [0.25, 0.3) is 0 Å². The van der Waals surface area contributed by atoms with E-state index in [1.807, 2.05) is 36.4 Å². The van der Waals surface area contributed by atoms with Crippen molar-refractivity contribution in [3.8, 4) is 5.75 Å². The van der Waals surface area contributed by atoms with E-state index < -0.39 is 0 Å². The first-order chi connectivity index (χ1) is 9.45. The molecule has 1 aromatic carbocycles. The van der Waals surface area contributed by atoms with Gasteiger partial charge < -0.3 is 4.74 Å². The molecule has 1 heterocycles. The van der Waals surface area contributed by atoms with Crippen molar-refractivity contribution in [2.75, 3.05) is 7.11 Å². The van der Waals surface area contributed by atoms with Gasteiger partial charge in [-0.05, 0) is 54.6 Å². The van der Waals surface area contributed by atoms with E-state index in [1.165, 1.54) is 31.5 Å². The molecule has 4 nitrogen and oxygen atoms in total. The van der Waals surface area contributed by atoms with Crippen molar-refractivity contribution in [2.24, 2.45) is 0 Å². The van der Waals surface area contributed by atoms with Crippen molar-refractivity contribution < 1.29 is 13.9 Å². The van der Waals surface area contributed by atoms with E-state index in [0.717, 1.165) is 0 Å². The predicted octanol–water partition coefficient (Wildman–Crippen LogP) is 3.45.